The predicted octanol–water partition coefficient (Wildman–Crippen LogP) is 2.36. The number of rotatable bonds is 5. The van der Waals surface area contributed by atoms with Crippen LogP contribution in [-0.2, 0) is 4.79 Å². The van der Waals surface area contributed by atoms with Crippen LogP contribution in [0.3, 0.4) is 0 Å². The van der Waals surface area contributed by atoms with Crippen molar-refractivity contribution in [3.05, 3.63) is 30.3 Å². The molecule has 0 radical (unpaired) electrons. The topological polar surface area (TPSA) is 66.3 Å². The summed E-state index contributed by atoms with van der Waals surface area (Å²) in [5, 5.41) is 18.7. The van der Waals surface area contributed by atoms with E-state index in [0.29, 0.717) is 6.54 Å². The van der Waals surface area contributed by atoms with E-state index in [-0.39, 0.29) is 0 Å². The highest BCUT2D eigenvalue weighted by atomic mass is 32.1. The normalized spacial score (nSPS) is 12.1. The molecule has 1 N–H and O–H groups in total. The summed E-state index contributed by atoms with van der Waals surface area (Å²) in [4.78, 5) is 12.7. The highest BCUT2D eigenvalue weighted by molar-refractivity contribution is 7.18. The van der Waals surface area contributed by atoms with Gasteiger partial charge in [0.1, 0.15) is 5.01 Å². The van der Waals surface area contributed by atoms with Gasteiger partial charge in [0.15, 0.2) is 0 Å². The lowest BCUT2D eigenvalue weighted by Crippen LogP contribution is -2.28. The number of carbonyl (C=O) groups is 1. The number of aromatic nitrogens is 2. The van der Waals surface area contributed by atoms with Crippen LogP contribution in [0, 0.1) is 5.92 Å². The second-order valence-corrected chi connectivity index (χ2v) is 5.33. The van der Waals surface area contributed by atoms with Gasteiger partial charge in [0.05, 0.1) is 5.92 Å². The van der Waals surface area contributed by atoms with Gasteiger partial charge in [0, 0.05) is 19.2 Å². The molecule has 100 valence electrons. The summed E-state index contributed by atoms with van der Waals surface area (Å²) >= 11 is 1.46. The highest BCUT2D eigenvalue weighted by Crippen LogP contribution is 2.28. The van der Waals surface area contributed by atoms with Crippen molar-refractivity contribution in [2.24, 2.45) is 5.92 Å². The van der Waals surface area contributed by atoms with Crippen LogP contribution >= 0.6 is 11.3 Å². The van der Waals surface area contributed by atoms with E-state index in [9.17, 15) is 4.79 Å². The van der Waals surface area contributed by atoms with Crippen LogP contribution < -0.4 is 4.90 Å². The summed E-state index contributed by atoms with van der Waals surface area (Å²) in [6.45, 7) is 2.09. The SMILES string of the molecule is CC(CN(C)c1nnc(-c2ccccc2)s1)C(=O)O. The first-order valence-corrected chi connectivity index (χ1v) is 6.72. The molecule has 2 aromatic rings. The molecule has 0 saturated heterocycles. The fraction of sp³-hybridized carbons (Fsp3) is 0.308. The molecule has 0 aliphatic heterocycles. The van der Waals surface area contributed by atoms with E-state index >= 15 is 0 Å². The second kappa shape index (κ2) is 5.79. The molecular weight excluding hydrogens is 262 g/mol. The van der Waals surface area contributed by atoms with Crippen LogP contribution in [0.5, 0.6) is 0 Å². The molecule has 5 nitrogen and oxygen atoms in total. The quantitative estimate of drug-likeness (QED) is 0.908. The first-order chi connectivity index (χ1) is 9.08. The van der Waals surface area contributed by atoms with Crippen molar-refractivity contribution in [3.8, 4) is 10.6 Å². The fourth-order valence-electron chi connectivity index (χ4n) is 1.63. The third kappa shape index (κ3) is 3.29. The zero-order valence-corrected chi connectivity index (χ0v) is 11.6. The Morgan fingerprint density at radius 2 is 2.05 bits per heavy atom. The number of carboxylic acids is 1. The molecule has 0 aliphatic rings. The van der Waals surface area contributed by atoms with Crippen LogP contribution in [0.4, 0.5) is 5.13 Å². The van der Waals surface area contributed by atoms with Gasteiger partial charge in [-0.2, -0.15) is 0 Å². The summed E-state index contributed by atoms with van der Waals surface area (Å²) in [5.74, 6) is -1.24. The maximum Gasteiger partial charge on any atom is 0.308 e. The molecule has 0 amide bonds. The zero-order chi connectivity index (χ0) is 13.8. The van der Waals surface area contributed by atoms with Crippen molar-refractivity contribution in [2.45, 2.75) is 6.92 Å². The van der Waals surface area contributed by atoms with Crippen LogP contribution in [0.15, 0.2) is 30.3 Å². The molecule has 0 spiro atoms. The maximum absolute atomic E-state index is 10.8. The standard InChI is InChI=1S/C13H15N3O2S/c1-9(12(17)18)8-16(2)13-15-14-11(19-13)10-6-4-3-5-7-10/h3-7,9H,8H2,1-2H3,(H,17,18). The lowest BCUT2D eigenvalue weighted by molar-refractivity contribution is -0.140. The first kappa shape index (κ1) is 13.5. The molecule has 1 heterocycles. The average molecular weight is 277 g/mol. The Kier molecular flexibility index (Phi) is 4.11. The lowest BCUT2D eigenvalue weighted by Gasteiger charge is -2.17. The Morgan fingerprint density at radius 1 is 1.37 bits per heavy atom. The van der Waals surface area contributed by atoms with Gasteiger partial charge < -0.3 is 10.0 Å². The Morgan fingerprint density at radius 3 is 2.68 bits per heavy atom. The first-order valence-electron chi connectivity index (χ1n) is 5.91. The summed E-state index contributed by atoms with van der Waals surface area (Å²) in [6, 6.07) is 9.81. The Bertz CT molecular complexity index is 556. The van der Waals surface area contributed by atoms with E-state index < -0.39 is 11.9 Å². The van der Waals surface area contributed by atoms with Gasteiger partial charge in [0.2, 0.25) is 5.13 Å². The number of carboxylic acid groups (broad SMARTS) is 1. The Labute approximate surface area is 115 Å². The van der Waals surface area contributed by atoms with Gasteiger partial charge in [-0.25, -0.2) is 0 Å². The van der Waals surface area contributed by atoms with E-state index in [4.69, 9.17) is 5.11 Å². The number of nitrogens with zero attached hydrogens (tertiary/aromatic N) is 3. The summed E-state index contributed by atoms with van der Waals surface area (Å²) in [6.07, 6.45) is 0. The smallest absolute Gasteiger partial charge is 0.308 e. The minimum atomic E-state index is -0.806. The van der Waals surface area contributed by atoms with E-state index in [1.165, 1.54) is 11.3 Å². The number of hydrogen-bond acceptors (Lipinski definition) is 5. The summed E-state index contributed by atoms with van der Waals surface area (Å²) in [7, 11) is 1.83. The van der Waals surface area contributed by atoms with Crippen molar-refractivity contribution < 1.29 is 9.90 Å². The number of aliphatic carboxylic acids is 1. The van der Waals surface area contributed by atoms with Gasteiger partial charge >= 0.3 is 5.97 Å². The minimum Gasteiger partial charge on any atom is -0.481 e. The van der Waals surface area contributed by atoms with E-state index in [0.717, 1.165) is 15.7 Å². The third-order valence-corrected chi connectivity index (χ3v) is 3.82. The Hall–Kier alpha value is -1.95. The monoisotopic (exact) mass is 277 g/mol. The number of hydrogen-bond donors (Lipinski definition) is 1. The van der Waals surface area contributed by atoms with Crippen molar-refractivity contribution in [2.75, 3.05) is 18.5 Å². The fourth-order valence-corrected chi connectivity index (χ4v) is 2.45. The van der Waals surface area contributed by atoms with Crippen LogP contribution in [-0.4, -0.2) is 34.9 Å². The third-order valence-electron chi connectivity index (χ3n) is 2.73. The molecule has 1 atom stereocenters. The molecule has 0 fully saturated rings. The van der Waals surface area contributed by atoms with E-state index in [2.05, 4.69) is 10.2 Å². The van der Waals surface area contributed by atoms with Crippen molar-refractivity contribution >= 4 is 22.4 Å². The van der Waals surface area contributed by atoms with Gasteiger partial charge in [-0.1, -0.05) is 48.6 Å². The molecule has 1 unspecified atom stereocenters. The Balaban J connectivity index is 2.11. The van der Waals surface area contributed by atoms with E-state index in [1.807, 2.05) is 42.3 Å². The van der Waals surface area contributed by atoms with Gasteiger partial charge in [-0.15, -0.1) is 10.2 Å². The molecule has 0 bridgehead atoms. The molecule has 1 aromatic carbocycles. The number of benzene rings is 1. The molecule has 6 heteroatoms. The molecule has 0 saturated carbocycles. The van der Waals surface area contributed by atoms with Crippen molar-refractivity contribution in [1.29, 1.82) is 0 Å². The highest BCUT2D eigenvalue weighted by Gasteiger charge is 2.16. The zero-order valence-electron chi connectivity index (χ0n) is 10.8. The van der Waals surface area contributed by atoms with Gasteiger partial charge in [0.25, 0.3) is 0 Å². The maximum atomic E-state index is 10.8. The van der Waals surface area contributed by atoms with Crippen LogP contribution in [0.2, 0.25) is 0 Å². The molecule has 1 aromatic heterocycles. The summed E-state index contributed by atoms with van der Waals surface area (Å²) in [5.41, 5.74) is 1.02. The largest absolute Gasteiger partial charge is 0.481 e. The molecule has 19 heavy (non-hydrogen) atoms. The molecule has 2 rings (SSSR count). The second-order valence-electron chi connectivity index (χ2n) is 4.38. The van der Waals surface area contributed by atoms with Crippen LogP contribution in [0.25, 0.3) is 10.6 Å². The van der Waals surface area contributed by atoms with E-state index in [1.54, 1.807) is 6.92 Å². The predicted molar refractivity (Wildman–Crippen MR) is 75.4 cm³/mol. The minimum absolute atomic E-state index is 0.415. The molecular formula is C13H15N3O2S. The molecule has 0 aliphatic carbocycles. The van der Waals surface area contributed by atoms with Crippen LogP contribution in [0.1, 0.15) is 6.92 Å². The van der Waals surface area contributed by atoms with Gasteiger partial charge in [-0.05, 0) is 0 Å². The average Bonchev–Trinajstić information content (AvgIpc) is 2.89. The lowest BCUT2D eigenvalue weighted by atomic mass is 10.2. The van der Waals surface area contributed by atoms with Gasteiger partial charge in [-0.3, -0.25) is 4.79 Å². The van der Waals surface area contributed by atoms with Crippen molar-refractivity contribution in [1.82, 2.24) is 10.2 Å². The summed E-state index contributed by atoms with van der Waals surface area (Å²) < 4.78 is 0. The van der Waals surface area contributed by atoms with Crippen molar-refractivity contribution in [3.63, 3.8) is 0 Å². The number of anilines is 1.